The van der Waals surface area contributed by atoms with Crippen LogP contribution in [0.15, 0.2) is 0 Å². The molecule has 0 aromatic rings. The van der Waals surface area contributed by atoms with E-state index in [0.29, 0.717) is 0 Å². The summed E-state index contributed by atoms with van der Waals surface area (Å²) in [6.45, 7) is 8.85. The van der Waals surface area contributed by atoms with Gasteiger partial charge in [-0.3, -0.25) is 4.79 Å². The molecule has 1 N–H and O–H groups in total. The fourth-order valence-electron chi connectivity index (χ4n) is 2.05. The Morgan fingerprint density at radius 2 is 1.53 bits per heavy atom. The maximum absolute atomic E-state index is 10.8. The van der Waals surface area contributed by atoms with Crippen molar-refractivity contribution in [1.29, 1.82) is 0 Å². The van der Waals surface area contributed by atoms with Crippen molar-refractivity contribution in [3.63, 3.8) is 0 Å². The topological polar surface area (TPSA) is 37.3 Å². The average Bonchev–Trinajstić information content (AvgIpc) is 2.27. The highest BCUT2D eigenvalue weighted by Gasteiger charge is 2.13. The first-order valence-electron chi connectivity index (χ1n) is 7.21. The van der Waals surface area contributed by atoms with E-state index in [-0.39, 0.29) is 5.92 Å². The molecular weight excluding hydrogens is 212 g/mol. The first-order chi connectivity index (χ1) is 7.99. The van der Waals surface area contributed by atoms with Crippen molar-refractivity contribution in [2.75, 3.05) is 0 Å². The van der Waals surface area contributed by atoms with E-state index in [4.69, 9.17) is 5.11 Å². The van der Waals surface area contributed by atoms with E-state index < -0.39 is 5.97 Å². The SMILES string of the molecule is CCC(CCCCCCC(C)C(C)C)C(=O)O. The Bertz CT molecular complexity index is 199. The molecule has 2 unspecified atom stereocenters. The molecule has 2 atom stereocenters. The lowest BCUT2D eigenvalue weighted by molar-refractivity contribution is -0.142. The smallest absolute Gasteiger partial charge is 0.306 e. The summed E-state index contributed by atoms with van der Waals surface area (Å²) in [5, 5.41) is 8.91. The van der Waals surface area contributed by atoms with Crippen LogP contribution >= 0.6 is 0 Å². The molecule has 17 heavy (non-hydrogen) atoms. The predicted octanol–water partition coefficient (Wildman–Crippen LogP) is 4.73. The number of hydrogen-bond acceptors (Lipinski definition) is 1. The van der Waals surface area contributed by atoms with Gasteiger partial charge in [0, 0.05) is 0 Å². The van der Waals surface area contributed by atoms with Gasteiger partial charge in [-0.05, 0) is 24.7 Å². The second kappa shape index (κ2) is 9.49. The van der Waals surface area contributed by atoms with E-state index in [1.54, 1.807) is 0 Å². The number of carboxylic acids is 1. The normalized spacial score (nSPS) is 14.9. The zero-order valence-corrected chi connectivity index (χ0v) is 12.0. The molecule has 0 heterocycles. The first kappa shape index (κ1) is 16.5. The van der Waals surface area contributed by atoms with Crippen LogP contribution in [0.2, 0.25) is 0 Å². The summed E-state index contributed by atoms with van der Waals surface area (Å²) in [7, 11) is 0. The second-order valence-corrected chi connectivity index (χ2v) is 5.66. The van der Waals surface area contributed by atoms with Crippen LogP contribution in [-0.4, -0.2) is 11.1 Å². The number of hydrogen-bond donors (Lipinski definition) is 1. The van der Waals surface area contributed by atoms with Crippen molar-refractivity contribution in [3.8, 4) is 0 Å². The molecule has 0 saturated heterocycles. The lowest BCUT2D eigenvalue weighted by Gasteiger charge is -2.15. The van der Waals surface area contributed by atoms with E-state index in [1.165, 1.54) is 25.7 Å². The Hall–Kier alpha value is -0.530. The van der Waals surface area contributed by atoms with Crippen LogP contribution < -0.4 is 0 Å². The largest absolute Gasteiger partial charge is 0.481 e. The third kappa shape index (κ3) is 8.23. The molecule has 0 aliphatic rings. The molecule has 0 aliphatic heterocycles. The molecule has 0 aromatic heterocycles. The van der Waals surface area contributed by atoms with E-state index >= 15 is 0 Å². The maximum Gasteiger partial charge on any atom is 0.306 e. The van der Waals surface area contributed by atoms with E-state index in [0.717, 1.165) is 31.1 Å². The van der Waals surface area contributed by atoms with Gasteiger partial charge in [0.05, 0.1) is 5.92 Å². The Balaban J connectivity index is 3.43. The van der Waals surface area contributed by atoms with Crippen LogP contribution in [-0.2, 0) is 4.79 Å². The van der Waals surface area contributed by atoms with Crippen molar-refractivity contribution in [2.45, 2.75) is 72.6 Å². The molecule has 0 rings (SSSR count). The minimum atomic E-state index is -0.624. The van der Waals surface area contributed by atoms with Gasteiger partial charge in [0.15, 0.2) is 0 Å². The molecule has 0 saturated carbocycles. The lowest BCUT2D eigenvalue weighted by Crippen LogP contribution is -2.12. The summed E-state index contributed by atoms with van der Waals surface area (Å²) in [5.41, 5.74) is 0. The molecule has 0 aliphatic carbocycles. The van der Waals surface area contributed by atoms with Gasteiger partial charge in [-0.2, -0.15) is 0 Å². The highest BCUT2D eigenvalue weighted by Crippen LogP contribution is 2.19. The molecule has 0 spiro atoms. The van der Waals surface area contributed by atoms with Crippen LogP contribution in [0.25, 0.3) is 0 Å². The van der Waals surface area contributed by atoms with Gasteiger partial charge in [0.1, 0.15) is 0 Å². The highest BCUT2D eigenvalue weighted by atomic mass is 16.4. The summed E-state index contributed by atoms with van der Waals surface area (Å²) in [5.74, 6) is 0.856. The summed E-state index contributed by atoms with van der Waals surface area (Å²) in [6, 6.07) is 0. The fourth-order valence-corrected chi connectivity index (χ4v) is 2.05. The van der Waals surface area contributed by atoms with Crippen molar-refractivity contribution >= 4 is 5.97 Å². The third-order valence-corrected chi connectivity index (χ3v) is 3.94. The van der Waals surface area contributed by atoms with Gasteiger partial charge < -0.3 is 5.11 Å². The number of rotatable bonds is 10. The quantitative estimate of drug-likeness (QED) is 0.562. The minimum Gasteiger partial charge on any atom is -0.481 e. The number of aliphatic carboxylic acids is 1. The van der Waals surface area contributed by atoms with Crippen molar-refractivity contribution in [2.24, 2.45) is 17.8 Å². The van der Waals surface area contributed by atoms with Crippen molar-refractivity contribution in [3.05, 3.63) is 0 Å². The predicted molar refractivity (Wildman–Crippen MR) is 73.1 cm³/mol. The van der Waals surface area contributed by atoms with E-state index in [1.807, 2.05) is 6.92 Å². The number of unbranched alkanes of at least 4 members (excludes halogenated alkanes) is 3. The van der Waals surface area contributed by atoms with Crippen molar-refractivity contribution < 1.29 is 9.90 Å². The summed E-state index contributed by atoms with van der Waals surface area (Å²) < 4.78 is 0. The standard InChI is InChI=1S/C15H30O2/c1-5-14(15(16)17)11-9-7-6-8-10-13(4)12(2)3/h12-14H,5-11H2,1-4H3,(H,16,17). The van der Waals surface area contributed by atoms with E-state index in [9.17, 15) is 4.79 Å². The summed E-state index contributed by atoms with van der Waals surface area (Å²) in [4.78, 5) is 10.8. The molecule has 2 heteroatoms. The Labute approximate surface area is 107 Å². The Kier molecular flexibility index (Phi) is 9.20. The van der Waals surface area contributed by atoms with Gasteiger partial charge in [-0.25, -0.2) is 0 Å². The number of carbonyl (C=O) groups is 1. The second-order valence-electron chi connectivity index (χ2n) is 5.66. The molecule has 0 bridgehead atoms. The third-order valence-electron chi connectivity index (χ3n) is 3.94. The van der Waals surface area contributed by atoms with E-state index in [2.05, 4.69) is 20.8 Å². The maximum atomic E-state index is 10.8. The van der Waals surface area contributed by atoms with Crippen LogP contribution in [0.4, 0.5) is 0 Å². The molecule has 0 aromatic carbocycles. The zero-order valence-electron chi connectivity index (χ0n) is 12.0. The molecule has 2 nitrogen and oxygen atoms in total. The minimum absolute atomic E-state index is 0.121. The Morgan fingerprint density at radius 1 is 1.00 bits per heavy atom. The van der Waals surface area contributed by atoms with Crippen molar-refractivity contribution in [1.82, 2.24) is 0 Å². The Morgan fingerprint density at radius 3 is 1.94 bits per heavy atom. The average molecular weight is 242 g/mol. The molecular formula is C15H30O2. The van der Waals surface area contributed by atoms with Crippen LogP contribution in [0.3, 0.4) is 0 Å². The van der Waals surface area contributed by atoms with Gasteiger partial charge >= 0.3 is 5.97 Å². The molecule has 0 fully saturated rings. The molecule has 0 radical (unpaired) electrons. The van der Waals surface area contributed by atoms with Crippen LogP contribution in [0.5, 0.6) is 0 Å². The van der Waals surface area contributed by atoms with Crippen LogP contribution in [0, 0.1) is 17.8 Å². The van der Waals surface area contributed by atoms with Gasteiger partial charge in [-0.15, -0.1) is 0 Å². The van der Waals surface area contributed by atoms with Gasteiger partial charge in [-0.1, -0.05) is 59.8 Å². The summed E-state index contributed by atoms with van der Waals surface area (Å²) >= 11 is 0. The summed E-state index contributed by atoms with van der Waals surface area (Å²) in [6.07, 6.45) is 7.74. The number of carboxylic acid groups (broad SMARTS) is 1. The molecule has 102 valence electrons. The first-order valence-corrected chi connectivity index (χ1v) is 7.21. The monoisotopic (exact) mass is 242 g/mol. The van der Waals surface area contributed by atoms with Crippen LogP contribution in [0.1, 0.15) is 72.6 Å². The highest BCUT2D eigenvalue weighted by molar-refractivity contribution is 5.69. The fraction of sp³-hybridized carbons (Fsp3) is 0.933. The van der Waals surface area contributed by atoms with Gasteiger partial charge in [0.2, 0.25) is 0 Å². The lowest BCUT2D eigenvalue weighted by atomic mass is 9.91. The van der Waals surface area contributed by atoms with Gasteiger partial charge in [0.25, 0.3) is 0 Å². The molecule has 0 amide bonds. The zero-order chi connectivity index (χ0) is 13.3.